The van der Waals surface area contributed by atoms with Crippen LogP contribution in [0.15, 0.2) is 30.3 Å². The summed E-state index contributed by atoms with van der Waals surface area (Å²) in [5.41, 5.74) is -0.127. The third-order valence-electron chi connectivity index (χ3n) is 3.60. The standard InChI is InChI=1S/C20H29N2O4/c1-13(2)12-15(22-19(25)26-20(3,4)5)17(23)16(18(24)21-6)14-10-8-7-9-11-14/h7-11,13,15-16H,6,12H2,1-5H3,(H,21,24)(H,22,25)/t15-,16?/m0/s1. The quantitative estimate of drug-likeness (QED) is 0.731. The molecule has 6 heteroatoms. The summed E-state index contributed by atoms with van der Waals surface area (Å²) in [4.78, 5) is 37.6. The van der Waals surface area contributed by atoms with Gasteiger partial charge in [0.15, 0.2) is 5.78 Å². The van der Waals surface area contributed by atoms with Crippen LogP contribution in [0.2, 0.25) is 0 Å². The Kier molecular flexibility index (Phi) is 7.80. The molecule has 0 aromatic heterocycles. The first-order chi connectivity index (χ1) is 12.0. The van der Waals surface area contributed by atoms with E-state index in [1.54, 1.807) is 51.1 Å². The van der Waals surface area contributed by atoms with E-state index in [1.165, 1.54) is 0 Å². The summed E-state index contributed by atoms with van der Waals surface area (Å²) in [6, 6.07) is 7.88. The zero-order valence-corrected chi connectivity index (χ0v) is 16.2. The van der Waals surface area contributed by atoms with Gasteiger partial charge in [-0.3, -0.25) is 9.59 Å². The van der Waals surface area contributed by atoms with Gasteiger partial charge >= 0.3 is 6.09 Å². The van der Waals surface area contributed by atoms with E-state index in [2.05, 4.69) is 17.7 Å². The van der Waals surface area contributed by atoms with Crippen LogP contribution in [-0.4, -0.2) is 29.4 Å². The smallest absolute Gasteiger partial charge is 0.408 e. The molecule has 1 aromatic rings. The summed E-state index contributed by atoms with van der Waals surface area (Å²) in [5.74, 6) is -1.82. The SMILES string of the molecule is [CH2]NC(=O)C(C(=O)[C@H](CC(C)C)NC(=O)OC(C)(C)C)c1ccccc1. The van der Waals surface area contributed by atoms with Crippen molar-refractivity contribution in [2.24, 2.45) is 5.92 Å². The van der Waals surface area contributed by atoms with Gasteiger partial charge in [0, 0.05) is 7.05 Å². The predicted molar refractivity (Wildman–Crippen MR) is 100 cm³/mol. The maximum Gasteiger partial charge on any atom is 0.408 e. The lowest BCUT2D eigenvalue weighted by Gasteiger charge is -2.26. The Bertz CT molecular complexity index is 620. The fourth-order valence-corrected chi connectivity index (χ4v) is 2.56. The first kappa shape index (κ1) is 21.7. The zero-order chi connectivity index (χ0) is 19.9. The molecule has 1 radical (unpaired) electrons. The van der Waals surface area contributed by atoms with Crippen LogP contribution in [0.25, 0.3) is 0 Å². The monoisotopic (exact) mass is 361 g/mol. The second-order valence-corrected chi connectivity index (χ2v) is 7.62. The van der Waals surface area contributed by atoms with E-state index >= 15 is 0 Å². The van der Waals surface area contributed by atoms with Gasteiger partial charge in [0.05, 0.1) is 6.04 Å². The lowest BCUT2D eigenvalue weighted by Crippen LogP contribution is -2.48. The number of carbonyl (C=O) groups excluding carboxylic acids is 3. The fourth-order valence-electron chi connectivity index (χ4n) is 2.56. The Labute approximate surface area is 155 Å². The van der Waals surface area contributed by atoms with Gasteiger partial charge < -0.3 is 15.4 Å². The third kappa shape index (κ3) is 6.86. The summed E-state index contributed by atoms with van der Waals surface area (Å²) in [5, 5.41) is 4.91. The number of carbonyl (C=O) groups is 3. The Morgan fingerprint density at radius 3 is 2.15 bits per heavy atom. The maximum absolute atomic E-state index is 13.1. The molecule has 0 aliphatic heterocycles. The van der Waals surface area contributed by atoms with Gasteiger partial charge in [-0.25, -0.2) is 4.79 Å². The van der Waals surface area contributed by atoms with Gasteiger partial charge in [0.2, 0.25) is 5.91 Å². The minimum Gasteiger partial charge on any atom is -0.444 e. The molecule has 1 rings (SSSR count). The van der Waals surface area contributed by atoms with Crippen molar-refractivity contribution in [3.05, 3.63) is 42.9 Å². The molecular weight excluding hydrogens is 332 g/mol. The number of hydrogen-bond donors (Lipinski definition) is 2. The molecule has 0 spiro atoms. The number of nitrogens with one attached hydrogen (secondary N) is 2. The van der Waals surface area contributed by atoms with Gasteiger partial charge in [-0.05, 0) is 38.7 Å². The highest BCUT2D eigenvalue weighted by atomic mass is 16.6. The molecular formula is C20H29N2O4. The molecule has 0 saturated heterocycles. The molecule has 6 nitrogen and oxygen atoms in total. The first-order valence-corrected chi connectivity index (χ1v) is 8.70. The number of benzene rings is 1. The van der Waals surface area contributed by atoms with Gasteiger partial charge in [-0.1, -0.05) is 44.2 Å². The largest absolute Gasteiger partial charge is 0.444 e. The second kappa shape index (κ2) is 9.36. The number of amides is 2. The van der Waals surface area contributed by atoms with Crippen LogP contribution in [0.5, 0.6) is 0 Å². The normalized spacial score (nSPS) is 13.7. The molecule has 0 aliphatic carbocycles. The Morgan fingerprint density at radius 2 is 1.69 bits per heavy atom. The van der Waals surface area contributed by atoms with E-state index in [4.69, 9.17) is 4.74 Å². The van der Waals surface area contributed by atoms with E-state index in [0.29, 0.717) is 12.0 Å². The minimum absolute atomic E-state index is 0.137. The van der Waals surface area contributed by atoms with Crippen LogP contribution in [0.4, 0.5) is 4.79 Å². The summed E-state index contributed by atoms with van der Waals surface area (Å²) >= 11 is 0. The zero-order valence-electron chi connectivity index (χ0n) is 16.2. The van der Waals surface area contributed by atoms with Gasteiger partial charge in [0.25, 0.3) is 0 Å². The van der Waals surface area contributed by atoms with Crippen molar-refractivity contribution in [2.45, 2.75) is 58.6 Å². The van der Waals surface area contributed by atoms with E-state index < -0.39 is 35.3 Å². The van der Waals surface area contributed by atoms with Crippen LogP contribution in [-0.2, 0) is 14.3 Å². The Hall–Kier alpha value is -2.37. The summed E-state index contributed by atoms with van der Waals surface area (Å²) in [7, 11) is 3.38. The molecule has 1 aromatic carbocycles. The van der Waals surface area contributed by atoms with Crippen molar-refractivity contribution in [1.29, 1.82) is 0 Å². The number of hydrogen-bond acceptors (Lipinski definition) is 4. The van der Waals surface area contributed by atoms with Crippen LogP contribution in [0.3, 0.4) is 0 Å². The number of rotatable bonds is 7. The van der Waals surface area contributed by atoms with Crippen LogP contribution >= 0.6 is 0 Å². The summed E-state index contributed by atoms with van der Waals surface area (Å²) in [6.07, 6.45) is -0.287. The molecule has 1 unspecified atom stereocenters. The average molecular weight is 361 g/mol. The van der Waals surface area contributed by atoms with Crippen LogP contribution in [0.1, 0.15) is 52.5 Å². The molecule has 143 valence electrons. The van der Waals surface area contributed by atoms with Gasteiger partial charge in [-0.2, -0.15) is 0 Å². The molecule has 0 bridgehead atoms. The van der Waals surface area contributed by atoms with Crippen molar-refractivity contribution in [3.63, 3.8) is 0 Å². The highest BCUT2D eigenvalue weighted by molar-refractivity contribution is 6.09. The minimum atomic E-state index is -1.05. The topological polar surface area (TPSA) is 84.5 Å². The number of ketones is 1. The number of Topliss-reactive ketones (excluding diaryl/α,β-unsaturated/α-hetero) is 1. The van der Waals surface area contributed by atoms with E-state index in [9.17, 15) is 14.4 Å². The lowest BCUT2D eigenvalue weighted by molar-refractivity contribution is -0.131. The lowest BCUT2D eigenvalue weighted by atomic mass is 9.87. The maximum atomic E-state index is 13.1. The molecule has 2 atom stereocenters. The predicted octanol–water partition coefficient (Wildman–Crippen LogP) is 3.19. The van der Waals surface area contributed by atoms with Crippen LogP contribution < -0.4 is 10.6 Å². The molecule has 0 fully saturated rings. The first-order valence-electron chi connectivity index (χ1n) is 8.70. The van der Waals surface area contributed by atoms with E-state index in [0.717, 1.165) is 0 Å². The molecule has 26 heavy (non-hydrogen) atoms. The highest BCUT2D eigenvalue weighted by Gasteiger charge is 2.35. The van der Waals surface area contributed by atoms with Crippen LogP contribution in [0, 0.1) is 13.0 Å². The second-order valence-electron chi connectivity index (χ2n) is 7.62. The molecule has 0 aliphatic rings. The fraction of sp³-hybridized carbons (Fsp3) is 0.500. The van der Waals surface area contributed by atoms with E-state index in [-0.39, 0.29) is 5.92 Å². The van der Waals surface area contributed by atoms with Gasteiger partial charge in [0.1, 0.15) is 11.5 Å². The molecule has 2 amide bonds. The summed E-state index contributed by atoms with van der Waals surface area (Å²) in [6.45, 7) is 9.12. The van der Waals surface area contributed by atoms with Crippen molar-refractivity contribution < 1.29 is 19.1 Å². The Balaban J connectivity index is 3.10. The Morgan fingerprint density at radius 1 is 1.12 bits per heavy atom. The average Bonchev–Trinajstić information content (AvgIpc) is 2.53. The third-order valence-corrected chi connectivity index (χ3v) is 3.60. The van der Waals surface area contributed by atoms with E-state index in [1.807, 2.05) is 13.8 Å². The van der Waals surface area contributed by atoms with Crippen molar-refractivity contribution >= 4 is 17.8 Å². The van der Waals surface area contributed by atoms with Crippen molar-refractivity contribution in [2.75, 3.05) is 0 Å². The number of ether oxygens (including phenoxy) is 1. The van der Waals surface area contributed by atoms with Gasteiger partial charge in [-0.15, -0.1) is 0 Å². The van der Waals surface area contributed by atoms with Crippen molar-refractivity contribution in [1.82, 2.24) is 10.6 Å². The molecule has 2 N–H and O–H groups in total. The molecule has 0 saturated carbocycles. The number of alkyl carbamates (subject to hydrolysis) is 1. The highest BCUT2D eigenvalue weighted by Crippen LogP contribution is 2.22. The summed E-state index contributed by atoms with van der Waals surface area (Å²) < 4.78 is 5.26. The van der Waals surface area contributed by atoms with Crippen molar-refractivity contribution in [3.8, 4) is 0 Å². The molecule has 0 heterocycles.